The Labute approximate surface area is 122 Å². The summed E-state index contributed by atoms with van der Waals surface area (Å²) in [6, 6.07) is 0.470. The first-order valence-electron chi connectivity index (χ1n) is 6.06. The molecule has 6 nitrogen and oxygen atoms in total. The fourth-order valence-corrected chi connectivity index (χ4v) is 2.15. The summed E-state index contributed by atoms with van der Waals surface area (Å²) in [5, 5.41) is 6.17. The molecule has 8 heteroatoms. The van der Waals surface area contributed by atoms with E-state index in [1.54, 1.807) is 0 Å². The van der Waals surface area contributed by atoms with E-state index in [1.165, 1.54) is 7.11 Å². The van der Waals surface area contributed by atoms with Crippen molar-refractivity contribution in [1.82, 2.24) is 15.0 Å². The average Bonchev–Trinajstić information content (AvgIpc) is 2.94. The van der Waals surface area contributed by atoms with Gasteiger partial charge in [-0.3, -0.25) is 0 Å². The monoisotopic (exact) mass is 305 g/mol. The van der Waals surface area contributed by atoms with Crippen LogP contribution in [-0.2, 0) is 0 Å². The van der Waals surface area contributed by atoms with Gasteiger partial charge in [-0.05, 0) is 20.3 Å². The lowest BCUT2D eigenvalue weighted by atomic mass is 10.4. The van der Waals surface area contributed by atoms with Crippen molar-refractivity contribution in [1.29, 1.82) is 0 Å². The number of aromatic nitrogens is 3. The van der Waals surface area contributed by atoms with E-state index in [0.717, 1.165) is 6.42 Å². The number of halogens is 2. The molecule has 2 unspecified atom stereocenters. The summed E-state index contributed by atoms with van der Waals surface area (Å²) in [6.45, 7) is 4.51. The Morgan fingerprint density at radius 2 is 2.00 bits per heavy atom. The Morgan fingerprint density at radius 3 is 2.53 bits per heavy atom. The van der Waals surface area contributed by atoms with E-state index in [1.807, 2.05) is 13.8 Å². The van der Waals surface area contributed by atoms with E-state index in [4.69, 9.17) is 27.9 Å². The maximum absolute atomic E-state index is 6.23. The number of rotatable bonds is 6. The van der Waals surface area contributed by atoms with Crippen LogP contribution in [0.1, 0.15) is 20.3 Å². The Kier molecular flexibility index (Phi) is 4.20. The van der Waals surface area contributed by atoms with Crippen molar-refractivity contribution in [2.45, 2.75) is 36.6 Å². The topological polar surface area (TPSA) is 72.0 Å². The number of anilines is 2. The first kappa shape index (κ1) is 14.4. The van der Waals surface area contributed by atoms with Crippen molar-refractivity contribution >= 4 is 35.1 Å². The molecule has 1 saturated carbocycles. The van der Waals surface area contributed by atoms with Crippen LogP contribution in [0.4, 0.5) is 11.9 Å². The van der Waals surface area contributed by atoms with Gasteiger partial charge in [-0.25, -0.2) is 0 Å². The molecule has 1 heterocycles. The number of nitrogens with one attached hydrogen (secondary N) is 2. The molecule has 0 radical (unpaired) electrons. The lowest BCUT2D eigenvalue weighted by Crippen LogP contribution is -2.21. The number of nitrogens with zero attached hydrogens (tertiary/aromatic N) is 3. The van der Waals surface area contributed by atoms with Gasteiger partial charge in [0.1, 0.15) is 0 Å². The van der Waals surface area contributed by atoms with Crippen LogP contribution in [-0.4, -0.2) is 44.9 Å². The zero-order chi connectivity index (χ0) is 14.0. The van der Waals surface area contributed by atoms with Gasteiger partial charge < -0.3 is 15.4 Å². The van der Waals surface area contributed by atoms with Crippen LogP contribution >= 0.6 is 23.2 Å². The van der Waals surface area contributed by atoms with Crippen molar-refractivity contribution < 1.29 is 4.74 Å². The second-order valence-corrected chi connectivity index (χ2v) is 6.11. The van der Waals surface area contributed by atoms with Crippen LogP contribution in [0.3, 0.4) is 0 Å². The minimum atomic E-state index is -0.396. The van der Waals surface area contributed by atoms with Crippen LogP contribution < -0.4 is 15.4 Å². The normalized spacial score (nSPS) is 25.3. The summed E-state index contributed by atoms with van der Waals surface area (Å²) in [4.78, 5) is 12.1. The fraction of sp³-hybridized carbons (Fsp3) is 0.727. The van der Waals surface area contributed by atoms with Gasteiger partial charge in [0.2, 0.25) is 11.9 Å². The third-order valence-electron chi connectivity index (χ3n) is 2.68. The second-order valence-electron chi connectivity index (χ2n) is 4.83. The molecule has 2 atom stereocenters. The first-order valence-corrected chi connectivity index (χ1v) is 6.88. The molecule has 1 aromatic heterocycles. The minimum absolute atomic E-state index is 0.00124. The van der Waals surface area contributed by atoms with Gasteiger partial charge in [0.05, 0.1) is 17.4 Å². The summed E-state index contributed by atoms with van der Waals surface area (Å²) in [6.07, 6.45) is 0.780. The molecule has 0 spiro atoms. The van der Waals surface area contributed by atoms with E-state index in [0.29, 0.717) is 18.4 Å². The molecule has 0 aromatic carbocycles. The van der Waals surface area contributed by atoms with Crippen molar-refractivity contribution in [2.24, 2.45) is 0 Å². The number of alkyl halides is 2. The highest BCUT2D eigenvalue weighted by atomic mass is 35.5. The van der Waals surface area contributed by atoms with E-state index < -0.39 is 4.87 Å². The van der Waals surface area contributed by atoms with Gasteiger partial charge in [0.15, 0.2) is 0 Å². The van der Waals surface area contributed by atoms with Gasteiger partial charge in [0, 0.05) is 12.6 Å². The molecule has 2 rings (SSSR count). The van der Waals surface area contributed by atoms with Crippen molar-refractivity contribution in [3.05, 3.63) is 0 Å². The number of ether oxygens (including phenoxy) is 1. The molecular formula is C11H17Cl2N5O. The maximum Gasteiger partial charge on any atom is 0.322 e. The number of hydrogen-bond acceptors (Lipinski definition) is 6. The van der Waals surface area contributed by atoms with Crippen molar-refractivity contribution in [3.63, 3.8) is 0 Å². The standard InChI is InChI=1S/C11H17Cl2N5O/c1-6(2)15-9-16-8(17-10(18-9)19-3)14-5-11(13)4-7(11)12/h6-7H,4-5H2,1-3H3,(H2,14,15,16,17,18). The summed E-state index contributed by atoms with van der Waals surface area (Å²) in [5.41, 5.74) is 0. The average molecular weight is 306 g/mol. The van der Waals surface area contributed by atoms with Crippen LogP contribution in [0, 0.1) is 0 Å². The molecule has 1 fully saturated rings. The van der Waals surface area contributed by atoms with Gasteiger partial charge >= 0.3 is 6.01 Å². The summed E-state index contributed by atoms with van der Waals surface area (Å²) >= 11 is 12.2. The van der Waals surface area contributed by atoms with E-state index >= 15 is 0 Å². The van der Waals surface area contributed by atoms with Gasteiger partial charge in [-0.1, -0.05) is 0 Å². The lowest BCUT2D eigenvalue weighted by Gasteiger charge is -2.12. The molecule has 2 N–H and O–H groups in total. The molecule has 1 aliphatic carbocycles. The Morgan fingerprint density at radius 1 is 1.37 bits per heavy atom. The van der Waals surface area contributed by atoms with E-state index in [2.05, 4.69) is 25.6 Å². The zero-order valence-electron chi connectivity index (χ0n) is 11.1. The molecule has 1 aromatic rings. The number of hydrogen-bond donors (Lipinski definition) is 2. The maximum atomic E-state index is 6.23. The third kappa shape index (κ3) is 3.73. The molecule has 1 aliphatic rings. The Balaban J connectivity index is 2.06. The summed E-state index contributed by atoms with van der Waals surface area (Å²) in [5.74, 6) is 0.886. The largest absolute Gasteiger partial charge is 0.467 e. The van der Waals surface area contributed by atoms with Gasteiger partial charge in [-0.2, -0.15) is 15.0 Å². The van der Waals surface area contributed by atoms with E-state index in [9.17, 15) is 0 Å². The highest BCUT2D eigenvalue weighted by Gasteiger charge is 2.51. The lowest BCUT2D eigenvalue weighted by molar-refractivity contribution is 0.379. The fourth-order valence-electron chi connectivity index (χ4n) is 1.50. The molecule has 106 valence electrons. The van der Waals surface area contributed by atoms with Gasteiger partial charge in [-0.15, -0.1) is 23.2 Å². The molecular weight excluding hydrogens is 289 g/mol. The summed E-state index contributed by atoms with van der Waals surface area (Å²) in [7, 11) is 1.51. The minimum Gasteiger partial charge on any atom is -0.467 e. The van der Waals surface area contributed by atoms with E-state index in [-0.39, 0.29) is 17.4 Å². The number of methoxy groups -OCH3 is 1. The Hall–Kier alpha value is -1.01. The third-order valence-corrected chi connectivity index (χ3v) is 3.91. The molecule has 0 saturated heterocycles. The quantitative estimate of drug-likeness (QED) is 0.784. The zero-order valence-corrected chi connectivity index (χ0v) is 12.6. The first-order chi connectivity index (χ1) is 8.93. The molecule has 0 bridgehead atoms. The SMILES string of the molecule is COc1nc(NCC2(Cl)CC2Cl)nc(NC(C)C)n1. The molecule has 0 aliphatic heterocycles. The highest BCUT2D eigenvalue weighted by Crippen LogP contribution is 2.47. The predicted molar refractivity (Wildman–Crippen MR) is 76.5 cm³/mol. The molecule has 0 amide bonds. The van der Waals surface area contributed by atoms with Crippen molar-refractivity contribution in [3.8, 4) is 6.01 Å². The Bertz CT molecular complexity index is 459. The van der Waals surface area contributed by atoms with Crippen LogP contribution in [0.15, 0.2) is 0 Å². The summed E-state index contributed by atoms with van der Waals surface area (Å²) < 4.78 is 5.04. The predicted octanol–water partition coefficient (Wildman–Crippen LogP) is 2.10. The van der Waals surface area contributed by atoms with Crippen molar-refractivity contribution in [2.75, 3.05) is 24.3 Å². The van der Waals surface area contributed by atoms with Crippen LogP contribution in [0.5, 0.6) is 6.01 Å². The van der Waals surface area contributed by atoms with Crippen LogP contribution in [0.2, 0.25) is 0 Å². The van der Waals surface area contributed by atoms with Gasteiger partial charge in [0.25, 0.3) is 0 Å². The smallest absolute Gasteiger partial charge is 0.322 e. The van der Waals surface area contributed by atoms with Crippen LogP contribution in [0.25, 0.3) is 0 Å². The highest BCUT2D eigenvalue weighted by molar-refractivity contribution is 6.37. The second kappa shape index (κ2) is 5.54. The molecule has 19 heavy (non-hydrogen) atoms.